The van der Waals surface area contributed by atoms with Crippen LogP contribution in [0.1, 0.15) is 11.1 Å². The van der Waals surface area contributed by atoms with Crippen molar-refractivity contribution in [3.63, 3.8) is 0 Å². The van der Waals surface area contributed by atoms with E-state index in [0.29, 0.717) is 24.5 Å². The predicted octanol–water partition coefficient (Wildman–Crippen LogP) is 2.49. The number of hydrogen-bond donors (Lipinski definition) is 2. The van der Waals surface area contributed by atoms with E-state index >= 15 is 0 Å². The third kappa shape index (κ3) is 4.72. The van der Waals surface area contributed by atoms with E-state index in [4.69, 9.17) is 9.47 Å². The first kappa shape index (κ1) is 16.8. The van der Waals surface area contributed by atoms with Crippen LogP contribution in [-0.2, 0) is 17.8 Å². The Labute approximate surface area is 135 Å². The molecular weight excluding hydrogens is 294 g/mol. The first-order valence-electron chi connectivity index (χ1n) is 7.35. The zero-order chi connectivity index (χ0) is 16.7. The summed E-state index contributed by atoms with van der Waals surface area (Å²) in [5.74, 6) is 0.409. The van der Waals surface area contributed by atoms with Gasteiger partial charge in [-0.15, -0.1) is 0 Å². The Morgan fingerprint density at radius 1 is 1.04 bits per heavy atom. The SMILES string of the molecule is COc1ccc(CN[C@@H](Cc2ccccc2)C(=O)O)cc1OC. The van der Waals surface area contributed by atoms with Gasteiger partial charge in [0, 0.05) is 6.54 Å². The number of methoxy groups -OCH3 is 2. The fourth-order valence-corrected chi connectivity index (χ4v) is 2.33. The van der Waals surface area contributed by atoms with Gasteiger partial charge in [-0.25, -0.2) is 0 Å². The molecule has 0 aliphatic rings. The monoisotopic (exact) mass is 315 g/mol. The van der Waals surface area contributed by atoms with Gasteiger partial charge >= 0.3 is 5.97 Å². The Kier molecular flexibility index (Phi) is 6.00. The molecule has 0 spiro atoms. The average Bonchev–Trinajstić information content (AvgIpc) is 2.58. The van der Waals surface area contributed by atoms with Crippen LogP contribution in [0.25, 0.3) is 0 Å². The molecule has 0 amide bonds. The van der Waals surface area contributed by atoms with Crippen molar-refractivity contribution in [2.75, 3.05) is 14.2 Å². The quantitative estimate of drug-likeness (QED) is 0.783. The smallest absolute Gasteiger partial charge is 0.321 e. The second kappa shape index (κ2) is 8.19. The van der Waals surface area contributed by atoms with Crippen molar-refractivity contribution in [2.45, 2.75) is 19.0 Å². The van der Waals surface area contributed by atoms with Crippen LogP contribution >= 0.6 is 0 Å². The lowest BCUT2D eigenvalue weighted by atomic mass is 10.1. The summed E-state index contributed by atoms with van der Waals surface area (Å²) >= 11 is 0. The van der Waals surface area contributed by atoms with Gasteiger partial charge in [0.1, 0.15) is 6.04 Å². The molecule has 0 radical (unpaired) electrons. The number of carbonyl (C=O) groups is 1. The summed E-state index contributed by atoms with van der Waals surface area (Å²) in [5, 5.41) is 12.5. The fraction of sp³-hybridized carbons (Fsp3) is 0.278. The fourth-order valence-electron chi connectivity index (χ4n) is 2.33. The lowest BCUT2D eigenvalue weighted by Gasteiger charge is -2.15. The molecule has 2 aromatic carbocycles. The summed E-state index contributed by atoms with van der Waals surface area (Å²) in [4.78, 5) is 11.4. The van der Waals surface area contributed by atoms with Crippen LogP contribution in [0.15, 0.2) is 48.5 Å². The summed E-state index contributed by atoms with van der Waals surface area (Å²) in [5.41, 5.74) is 1.92. The minimum absolute atomic E-state index is 0.434. The summed E-state index contributed by atoms with van der Waals surface area (Å²) in [7, 11) is 3.15. The Hall–Kier alpha value is -2.53. The highest BCUT2D eigenvalue weighted by Crippen LogP contribution is 2.27. The first-order chi connectivity index (χ1) is 11.1. The minimum atomic E-state index is -0.866. The topological polar surface area (TPSA) is 67.8 Å². The molecule has 0 aliphatic carbocycles. The zero-order valence-electron chi connectivity index (χ0n) is 13.3. The maximum Gasteiger partial charge on any atom is 0.321 e. The summed E-state index contributed by atoms with van der Waals surface area (Å²) < 4.78 is 10.5. The standard InChI is InChI=1S/C18H21NO4/c1-22-16-9-8-14(11-17(16)23-2)12-19-15(18(20)21)10-13-6-4-3-5-7-13/h3-9,11,15,19H,10,12H2,1-2H3,(H,20,21)/t15-/m0/s1. The number of aliphatic carboxylic acids is 1. The number of nitrogens with one attached hydrogen (secondary N) is 1. The van der Waals surface area contributed by atoms with Crippen molar-refractivity contribution in [1.82, 2.24) is 5.32 Å². The number of benzene rings is 2. The van der Waals surface area contributed by atoms with Gasteiger partial charge in [-0.05, 0) is 29.7 Å². The normalized spacial score (nSPS) is 11.7. The molecule has 0 saturated heterocycles. The maximum atomic E-state index is 11.4. The molecule has 122 valence electrons. The van der Waals surface area contributed by atoms with Crippen molar-refractivity contribution >= 4 is 5.97 Å². The number of hydrogen-bond acceptors (Lipinski definition) is 4. The van der Waals surface area contributed by atoms with E-state index in [0.717, 1.165) is 11.1 Å². The van der Waals surface area contributed by atoms with Gasteiger partial charge in [0.05, 0.1) is 14.2 Å². The average molecular weight is 315 g/mol. The molecule has 0 bridgehead atoms. The lowest BCUT2D eigenvalue weighted by Crippen LogP contribution is -2.38. The Bertz CT molecular complexity index is 643. The van der Waals surface area contributed by atoms with Crippen LogP contribution in [0, 0.1) is 0 Å². The molecular formula is C18H21NO4. The van der Waals surface area contributed by atoms with Gasteiger partial charge < -0.3 is 19.9 Å². The largest absolute Gasteiger partial charge is 0.493 e. The molecule has 0 saturated carbocycles. The van der Waals surface area contributed by atoms with Crippen molar-refractivity contribution in [1.29, 1.82) is 0 Å². The zero-order valence-corrected chi connectivity index (χ0v) is 13.3. The molecule has 5 heteroatoms. The van der Waals surface area contributed by atoms with Crippen LogP contribution in [-0.4, -0.2) is 31.3 Å². The van der Waals surface area contributed by atoms with Crippen molar-refractivity contribution in [3.8, 4) is 11.5 Å². The third-order valence-corrected chi connectivity index (χ3v) is 3.58. The van der Waals surface area contributed by atoms with E-state index in [1.807, 2.05) is 48.5 Å². The highest BCUT2D eigenvalue weighted by molar-refractivity contribution is 5.73. The van der Waals surface area contributed by atoms with Crippen LogP contribution in [0.4, 0.5) is 0 Å². The molecule has 0 fully saturated rings. The van der Waals surface area contributed by atoms with Crippen LogP contribution < -0.4 is 14.8 Å². The van der Waals surface area contributed by atoms with Crippen LogP contribution in [0.2, 0.25) is 0 Å². The molecule has 2 rings (SSSR count). The van der Waals surface area contributed by atoms with E-state index in [-0.39, 0.29) is 0 Å². The van der Waals surface area contributed by atoms with Crippen molar-refractivity contribution in [3.05, 3.63) is 59.7 Å². The lowest BCUT2D eigenvalue weighted by molar-refractivity contribution is -0.139. The summed E-state index contributed by atoms with van der Waals surface area (Å²) in [6.07, 6.45) is 0.434. The van der Waals surface area contributed by atoms with Gasteiger partial charge in [-0.2, -0.15) is 0 Å². The van der Waals surface area contributed by atoms with Gasteiger partial charge in [-0.3, -0.25) is 4.79 Å². The van der Waals surface area contributed by atoms with E-state index in [9.17, 15) is 9.90 Å². The van der Waals surface area contributed by atoms with E-state index in [2.05, 4.69) is 5.32 Å². The molecule has 0 aromatic heterocycles. The van der Waals surface area contributed by atoms with Crippen LogP contribution in [0.3, 0.4) is 0 Å². The Morgan fingerprint density at radius 3 is 2.35 bits per heavy atom. The molecule has 0 heterocycles. The van der Waals surface area contributed by atoms with Crippen LogP contribution in [0.5, 0.6) is 11.5 Å². The molecule has 0 unspecified atom stereocenters. The number of rotatable bonds is 8. The Balaban J connectivity index is 2.03. The highest BCUT2D eigenvalue weighted by atomic mass is 16.5. The van der Waals surface area contributed by atoms with Gasteiger partial charge in [0.25, 0.3) is 0 Å². The maximum absolute atomic E-state index is 11.4. The minimum Gasteiger partial charge on any atom is -0.493 e. The highest BCUT2D eigenvalue weighted by Gasteiger charge is 2.17. The molecule has 0 aliphatic heterocycles. The van der Waals surface area contributed by atoms with Gasteiger partial charge in [0.2, 0.25) is 0 Å². The van der Waals surface area contributed by atoms with E-state index in [1.165, 1.54) is 0 Å². The molecule has 5 nitrogen and oxygen atoms in total. The Morgan fingerprint density at radius 2 is 1.74 bits per heavy atom. The second-order valence-electron chi connectivity index (χ2n) is 5.15. The summed E-state index contributed by atoms with van der Waals surface area (Å²) in [6.45, 7) is 0.435. The molecule has 1 atom stereocenters. The number of ether oxygens (including phenoxy) is 2. The van der Waals surface area contributed by atoms with E-state index < -0.39 is 12.0 Å². The molecule has 2 aromatic rings. The molecule has 2 N–H and O–H groups in total. The number of carboxylic acids is 1. The second-order valence-corrected chi connectivity index (χ2v) is 5.15. The van der Waals surface area contributed by atoms with Gasteiger partial charge in [-0.1, -0.05) is 36.4 Å². The number of carboxylic acid groups (broad SMARTS) is 1. The summed E-state index contributed by atoms with van der Waals surface area (Å²) in [6, 6.07) is 14.5. The first-order valence-corrected chi connectivity index (χ1v) is 7.35. The third-order valence-electron chi connectivity index (χ3n) is 3.58. The van der Waals surface area contributed by atoms with Gasteiger partial charge in [0.15, 0.2) is 11.5 Å². The van der Waals surface area contributed by atoms with Crippen molar-refractivity contribution in [2.24, 2.45) is 0 Å². The molecule has 23 heavy (non-hydrogen) atoms. The predicted molar refractivity (Wildman–Crippen MR) is 88.0 cm³/mol. The van der Waals surface area contributed by atoms with Crippen molar-refractivity contribution < 1.29 is 19.4 Å². The van der Waals surface area contributed by atoms with E-state index in [1.54, 1.807) is 14.2 Å².